The molecule has 2 aromatic rings. The summed E-state index contributed by atoms with van der Waals surface area (Å²) < 4.78 is 10.8. The van der Waals surface area contributed by atoms with Crippen molar-refractivity contribution in [1.82, 2.24) is 0 Å². The van der Waals surface area contributed by atoms with Crippen molar-refractivity contribution >= 4 is 0 Å². The fourth-order valence-electron chi connectivity index (χ4n) is 1.94. The van der Waals surface area contributed by atoms with Crippen LogP contribution in [0.2, 0.25) is 0 Å². The van der Waals surface area contributed by atoms with E-state index >= 15 is 0 Å². The van der Waals surface area contributed by atoms with E-state index in [2.05, 4.69) is 6.07 Å². The SMILES string of the molecule is COc1ccc(-c2ccc(OC(C)C)c(C#N)c2)cc1. The van der Waals surface area contributed by atoms with Crippen molar-refractivity contribution in [3.05, 3.63) is 48.0 Å². The summed E-state index contributed by atoms with van der Waals surface area (Å²) in [6.45, 7) is 3.89. The molecule has 0 aliphatic heterocycles. The highest BCUT2D eigenvalue weighted by atomic mass is 16.5. The van der Waals surface area contributed by atoms with Gasteiger partial charge in [-0.3, -0.25) is 0 Å². The second-order valence-corrected chi connectivity index (χ2v) is 4.72. The summed E-state index contributed by atoms with van der Waals surface area (Å²) in [4.78, 5) is 0. The summed E-state index contributed by atoms with van der Waals surface area (Å²) in [5.41, 5.74) is 2.57. The molecule has 0 unspecified atom stereocenters. The van der Waals surface area contributed by atoms with Crippen LogP contribution in [0.25, 0.3) is 11.1 Å². The van der Waals surface area contributed by atoms with Crippen molar-refractivity contribution in [3.8, 4) is 28.7 Å². The maximum absolute atomic E-state index is 9.23. The van der Waals surface area contributed by atoms with Crippen LogP contribution in [0.4, 0.5) is 0 Å². The molecule has 3 heteroatoms. The summed E-state index contributed by atoms with van der Waals surface area (Å²) in [6.07, 6.45) is 0.0499. The molecule has 0 saturated heterocycles. The molecule has 0 saturated carbocycles. The average Bonchev–Trinajstić information content (AvgIpc) is 2.47. The molecule has 0 aliphatic rings. The molecule has 2 aromatic carbocycles. The molecule has 3 nitrogen and oxygen atoms in total. The number of hydrogen-bond acceptors (Lipinski definition) is 3. The number of nitriles is 1. The van der Waals surface area contributed by atoms with Crippen LogP contribution >= 0.6 is 0 Å². The molecule has 0 atom stereocenters. The Kier molecular flexibility index (Phi) is 4.27. The average molecular weight is 267 g/mol. The van der Waals surface area contributed by atoms with Gasteiger partial charge in [0.1, 0.15) is 17.6 Å². The van der Waals surface area contributed by atoms with Crippen molar-refractivity contribution in [2.75, 3.05) is 7.11 Å². The number of hydrogen-bond donors (Lipinski definition) is 0. The minimum Gasteiger partial charge on any atom is -0.497 e. The van der Waals surface area contributed by atoms with Crippen LogP contribution in [-0.2, 0) is 0 Å². The third-order valence-corrected chi connectivity index (χ3v) is 2.89. The van der Waals surface area contributed by atoms with Crippen LogP contribution in [0, 0.1) is 11.3 Å². The molecule has 0 aromatic heterocycles. The highest BCUT2D eigenvalue weighted by Crippen LogP contribution is 2.28. The first-order chi connectivity index (χ1) is 9.63. The number of rotatable bonds is 4. The lowest BCUT2D eigenvalue weighted by Crippen LogP contribution is -2.06. The highest BCUT2D eigenvalue weighted by Gasteiger charge is 2.08. The van der Waals surface area contributed by atoms with Crippen LogP contribution in [-0.4, -0.2) is 13.2 Å². The molecular weight excluding hydrogens is 250 g/mol. The summed E-state index contributed by atoms with van der Waals surface area (Å²) in [6, 6.07) is 15.6. The fourth-order valence-corrected chi connectivity index (χ4v) is 1.94. The van der Waals surface area contributed by atoms with Crippen LogP contribution in [0.15, 0.2) is 42.5 Å². The molecule has 0 spiro atoms. The molecule has 102 valence electrons. The van der Waals surface area contributed by atoms with Crippen LogP contribution < -0.4 is 9.47 Å². The van der Waals surface area contributed by atoms with Crippen molar-refractivity contribution in [3.63, 3.8) is 0 Å². The van der Waals surface area contributed by atoms with Crippen molar-refractivity contribution in [2.24, 2.45) is 0 Å². The number of ether oxygens (including phenoxy) is 2. The van der Waals surface area contributed by atoms with Crippen molar-refractivity contribution in [1.29, 1.82) is 5.26 Å². The quantitative estimate of drug-likeness (QED) is 0.840. The van der Waals surface area contributed by atoms with Crippen molar-refractivity contribution in [2.45, 2.75) is 20.0 Å². The van der Waals surface area contributed by atoms with Gasteiger partial charge in [-0.15, -0.1) is 0 Å². The third kappa shape index (κ3) is 3.10. The molecule has 20 heavy (non-hydrogen) atoms. The Morgan fingerprint density at radius 1 is 1.00 bits per heavy atom. The van der Waals surface area contributed by atoms with E-state index in [9.17, 15) is 5.26 Å². The molecule has 0 aliphatic carbocycles. The van der Waals surface area contributed by atoms with Gasteiger partial charge in [0.15, 0.2) is 0 Å². The second-order valence-electron chi connectivity index (χ2n) is 4.72. The van der Waals surface area contributed by atoms with E-state index in [-0.39, 0.29) is 6.10 Å². The molecule has 0 amide bonds. The Bertz CT molecular complexity index is 624. The molecule has 2 rings (SSSR count). The third-order valence-electron chi connectivity index (χ3n) is 2.89. The van der Waals surface area contributed by atoms with E-state index in [0.29, 0.717) is 11.3 Å². The minimum atomic E-state index is 0.0499. The topological polar surface area (TPSA) is 42.2 Å². The molecule has 0 N–H and O–H groups in total. The predicted octanol–water partition coefficient (Wildman–Crippen LogP) is 4.02. The Balaban J connectivity index is 2.35. The van der Waals surface area contributed by atoms with E-state index in [0.717, 1.165) is 16.9 Å². The van der Waals surface area contributed by atoms with E-state index in [1.54, 1.807) is 7.11 Å². The highest BCUT2D eigenvalue weighted by molar-refractivity contribution is 5.67. The molecule has 0 bridgehead atoms. The standard InChI is InChI=1S/C17H17NO2/c1-12(2)20-17-9-6-14(10-15(17)11-18)13-4-7-16(19-3)8-5-13/h4-10,12H,1-3H3. The van der Waals surface area contributed by atoms with Gasteiger partial charge in [-0.1, -0.05) is 18.2 Å². The summed E-state index contributed by atoms with van der Waals surface area (Å²) in [7, 11) is 1.64. The monoisotopic (exact) mass is 267 g/mol. The van der Waals surface area contributed by atoms with E-state index < -0.39 is 0 Å². The first-order valence-electron chi connectivity index (χ1n) is 6.49. The van der Waals surface area contributed by atoms with Crippen LogP contribution in [0.1, 0.15) is 19.4 Å². The van der Waals surface area contributed by atoms with Gasteiger partial charge in [-0.25, -0.2) is 0 Å². The van der Waals surface area contributed by atoms with E-state index in [1.807, 2.05) is 56.3 Å². The zero-order chi connectivity index (χ0) is 14.5. The minimum absolute atomic E-state index is 0.0499. The van der Waals surface area contributed by atoms with Gasteiger partial charge in [0.25, 0.3) is 0 Å². The largest absolute Gasteiger partial charge is 0.497 e. The van der Waals surface area contributed by atoms with Gasteiger partial charge >= 0.3 is 0 Å². The van der Waals surface area contributed by atoms with Crippen molar-refractivity contribution < 1.29 is 9.47 Å². The lowest BCUT2D eigenvalue weighted by Gasteiger charge is -2.12. The molecule has 0 radical (unpaired) electrons. The predicted molar refractivity (Wildman–Crippen MR) is 78.9 cm³/mol. The Morgan fingerprint density at radius 3 is 2.20 bits per heavy atom. The van der Waals surface area contributed by atoms with Crippen LogP contribution in [0.3, 0.4) is 0 Å². The lowest BCUT2D eigenvalue weighted by molar-refractivity contribution is 0.242. The first-order valence-corrected chi connectivity index (χ1v) is 6.49. The zero-order valence-electron chi connectivity index (χ0n) is 11.9. The fraction of sp³-hybridized carbons (Fsp3) is 0.235. The van der Waals surface area contributed by atoms with Gasteiger partial charge < -0.3 is 9.47 Å². The summed E-state index contributed by atoms with van der Waals surface area (Å²) in [5.74, 6) is 1.44. The number of nitrogens with zero attached hydrogens (tertiary/aromatic N) is 1. The van der Waals surface area contributed by atoms with Crippen LogP contribution in [0.5, 0.6) is 11.5 Å². The Labute approximate surface area is 119 Å². The Morgan fingerprint density at radius 2 is 1.65 bits per heavy atom. The van der Waals surface area contributed by atoms with Gasteiger partial charge in [0.2, 0.25) is 0 Å². The summed E-state index contributed by atoms with van der Waals surface area (Å²) >= 11 is 0. The lowest BCUT2D eigenvalue weighted by atomic mass is 10.0. The molecule has 0 fully saturated rings. The second kappa shape index (κ2) is 6.12. The number of methoxy groups -OCH3 is 1. The van der Waals surface area contributed by atoms with Gasteiger partial charge in [-0.2, -0.15) is 5.26 Å². The zero-order valence-corrected chi connectivity index (χ0v) is 11.9. The van der Waals surface area contributed by atoms with Gasteiger partial charge in [0, 0.05) is 0 Å². The van der Waals surface area contributed by atoms with Gasteiger partial charge in [-0.05, 0) is 49.2 Å². The maximum atomic E-state index is 9.23. The first kappa shape index (κ1) is 14.0. The van der Waals surface area contributed by atoms with E-state index in [4.69, 9.17) is 9.47 Å². The number of benzene rings is 2. The molecular formula is C17H17NO2. The summed E-state index contributed by atoms with van der Waals surface area (Å²) in [5, 5.41) is 9.23. The normalized spacial score (nSPS) is 10.2. The van der Waals surface area contributed by atoms with E-state index in [1.165, 1.54) is 0 Å². The Hall–Kier alpha value is -2.47. The maximum Gasteiger partial charge on any atom is 0.137 e. The van der Waals surface area contributed by atoms with Gasteiger partial charge in [0.05, 0.1) is 18.8 Å². The molecule has 0 heterocycles. The smallest absolute Gasteiger partial charge is 0.137 e.